The SMILES string of the molecule is C=CC(=O)OCCOC(=O)CCCCCOC(=O)CCCCCOC(=O)CC(=O)NCCNC(=O)CC(C)=O. The van der Waals surface area contributed by atoms with Gasteiger partial charge in [0.2, 0.25) is 11.8 Å². The quantitative estimate of drug-likeness (QED) is 0.0604. The van der Waals surface area contributed by atoms with E-state index in [4.69, 9.17) is 14.2 Å². The summed E-state index contributed by atoms with van der Waals surface area (Å²) in [5.74, 6) is -3.19. The van der Waals surface area contributed by atoms with E-state index in [2.05, 4.69) is 21.9 Å². The largest absolute Gasteiger partial charge is 0.466 e. The lowest BCUT2D eigenvalue weighted by Crippen LogP contribution is -2.36. The number of ether oxygens (including phenoxy) is 4. The van der Waals surface area contributed by atoms with Crippen LogP contribution in [0.2, 0.25) is 0 Å². The minimum atomic E-state index is -0.671. The van der Waals surface area contributed by atoms with Crippen molar-refractivity contribution in [2.24, 2.45) is 0 Å². The van der Waals surface area contributed by atoms with Crippen LogP contribution < -0.4 is 10.6 Å². The van der Waals surface area contributed by atoms with Gasteiger partial charge in [0, 0.05) is 32.0 Å². The lowest BCUT2D eigenvalue weighted by molar-refractivity contribution is -0.149. The fourth-order valence-electron chi connectivity index (χ4n) is 2.91. The maximum absolute atomic E-state index is 11.7. The van der Waals surface area contributed by atoms with Gasteiger partial charge < -0.3 is 29.6 Å². The zero-order valence-electron chi connectivity index (χ0n) is 22.6. The molecule has 39 heavy (non-hydrogen) atoms. The number of hydrogen-bond donors (Lipinski definition) is 2. The number of esters is 4. The molecule has 0 bridgehead atoms. The van der Waals surface area contributed by atoms with Crippen LogP contribution in [0, 0.1) is 0 Å². The van der Waals surface area contributed by atoms with Crippen LogP contribution in [0.4, 0.5) is 0 Å². The Balaban J connectivity index is 3.56. The lowest BCUT2D eigenvalue weighted by Gasteiger charge is -2.07. The summed E-state index contributed by atoms with van der Waals surface area (Å²) < 4.78 is 19.7. The molecule has 0 aliphatic heterocycles. The predicted molar refractivity (Wildman–Crippen MR) is 137 cm³/mol. The first-order valence-corrected chi connectivity index (χ1v) is 12.9. The monoisotopic (exact) mass is 556 g/mol. The maximum Gasteiger partial charge on any atom is 0.330 e. The smallest absolute Gasteiger partial charge is 0.330 e. The molecular formula is C26H40N2O11. The van der Waals surface area contributed by atoms with E-state index in [1.165, 1.54) is 6.92 Å². The van der Waals surface area contributed by atoms with Crippen molar-refractivity contribution in [3.05, 3.63) is 12.7 Å². The summed E-state index contributed by atoms with van der Waals surface area (Å²) in [6.45, 7) is 5.18. The molecule has 0 spiro atoms. The van der Waals surface area contributed by atoms with Crippen molar-refractivity contribution in [1.29, 1.82) is 0 Å². The fourth-order valence-corrected chi connectivity index (χ4v) is 2.91. The van der Waals surface area contributed by atoms with Crippen LogP contribution >= 0.6 is 0 Å². The summed E-state index contributed by atoms with van der Waals surface area (Å²) in [7, 11) is 0. The number of amides is 2. The second-order valence-corrected chi connectivity index (χ2v) is 8.41. The Kier molecular flexibility index (Phi) is 21.1. The van der Waals surface area contributed by atoms with Crippen LogP contribution in [0.1, 0.15) is 71.1 Å². The molecule has 13 heteroatoms. The Morgan fingerprint density at radius 3 is 1.56 bits per heavy atom. The minimum Gasteiger partial charge on any atom is -0.466 e. The molecule has 0 aromatic rings. The number of rotatable bonds is 23. The van der Waals surface area contributed by atoms with Crippen molar-refractivity contribution < 1.29 is 52.5 Å². The third kappa shape index (κ3) is 24.3. The molecule has 220 valence electrons. The topological polar surface area (TPSA) is 180 Å². The van der Waals surface area contributed by atoms with E-state index in [-0.39, 0.29) is 76.5 Å². The molecule has 0 aliphatic carbocycles. The number of hydrogen-bond acceptors (Lipinski definition) is 11. The van der Waals surface area contributed by atoms with Gasteiger partial charge in [-0.15, -0.1) is 0 Å². The Bertz CT molecular complexity index is 827. The third-order valence-corrected chi connectivity index (χ3v) is 4.82. The van der Waals surface area contributed by atoms with Gasteiger partial charge in [-0.2, -0.15) is 0 Å². The maximum atomic E-state index is 11.7. The molecular weight excluding hydrogens is 516 g/mol. The summed E-state index contributed by atoms with van der Waals surface area (Å²) >= 11 is 0. The molecule has 0 saturated carbocycles. The van der Waals surface area contributed by atoms with E-state index in [9.17, 15) is 33.6 Å². The van der Waals surface area contributed by atoms with Gasteiger partial charge in [0.15, 0.2) is 0 Å². The standard InChI is InChI=1S/C26H40N2O11/c1-3-23(32)38-16-17-39-25(34)11-7-4-8-14-36-24(33)10-6-5-9-15-37-26(35)19-22(31)28-13-12-27-21(30)18-20(2)29/h3H,1,4-19H2,2H3,(H,27,30)(H,28,31). The van der Waals surface area contributed by atoms with Gasteiger partial charge in [0.05, 0.1) is 19.6 Å². The Morgan fingerprint density at radius 2 is 1.05 bits per heavy atom. The zero-order chi connectivity index (χ0) is 29.3. The van der Waals surface area contributed by atoms with Crippen LogP contribution in [0.15, 0.2) is 12.7 Å². The highest BCUT2D eigenvalue weighted by molar-refractivity contribution is 5.97. The number of ketones is 1. The summed E-state index contributed by atoms with van der Waals surface area (Å²) in [6.07, 6.45) is 4.47. The first-order chi connectivity index (χ1) is 18.6. The second kappa shape index (κ2) is 23.4. The first-order valence-electron chi connectivity index (χ1n) is 12.9. The van der Waals surface area contributed by atoms with Gasteiger partial charge in [-0.25, -0.2) is 4.79 Å². The number of carbonyl (C=O) groups is 7. The number of nitrogens with one attached hydrogen (secondary N) is 2. The second-order valence-electron chi connectivity index (χ2n) is 8.41. The highest BCUT2D eigenvalue weighted by Crippen LogP contribution is 2.05. The van der Waals surface area contributed by atoms with Crippen LogP contribution in [0.5, 0.6) is 0 Å². The normalized spacial score (nSPS) is 10.1. The van der Waals surface area contributed by atoms with Crippen molar-refractivity contribution in [3.8, 4) is 0 Å². The van der Waals surface area contributed by atoms with Gasteiger partial charge in [0.1, 0.15) is 25.4 Å². The zero-order valence-corrected chi connectivity index (χ0v) is 22.6. The molecule has 0 aliphatic rings. The summed E-state index contributed by atoms with van der Waals surface area (Å²) in [5, 5.41) is 4.93. The molecule has 0 radical (unpaired) electrons. The molecule has 0 fully saturated rings. The lowest BCUT2D eigenvalue weighted by atomic mass is 10.2. The van der Waals surface area contributed by atoms with Gasteiger partial charge in [-0.1, -0.05) is 6.58 Å². The molecule has 0 aromatic heterocycles. The van der Waals surface area contributed by atoms with Crippen molar-refractivity contribution in [3.63, 3.8) is 0 Å². The van der Waals surface area contributed by atoms with E-state index in [1.807, 2.05) is 0 Å². The van der Waals surface area contributed by atoms with Crippen LogP contribution in [0.25, 0.3) is 0 Å². The summed E-state index contributed by atoms with van der Waals surface area (Å²) in [4.78, 5) is 79.5. The molecule has 0 rings (SSSR count). The van der Waals surface area contributed by atoms with E-state index in [0.29, 0.717) is 38.5 Å². The van der Waals surface area contributed by atoms with Crippen LogP contribution in [-0.2, 0) is 52.5 Å². The van der Waals surface area contributed by atoms with E-state index >= 15 is 0 Å². The summed E-state index contributed by atoms with van der Waals surface area (Å²) in [5.41, 5.74) is 0. The molecule has 13 nitrogen and oxygen atoms in total. The van der Waals surface area contributed by atoms with E-state index < -0.39 is 30.2 Å². The Hall–Kier alpha value is -3.77. The minimum absolute atomic E-state index is 0.00992. The molecule has 0 atom stereocenters. The highest BCUT2D eigenvalue weighted by atomic mass is 16.6. The number of carbonyl (C=O) groups excluding carboxylic acids is 7. The van der Waals surface area contributed by atoms with Crippen molar-refractivity contribution >= 4 is 41.5 Å². The average Bonchev–Trinajstić information content (AvgIpc) is 2.87. The Morgan fingerprint density at radius 1 is 0.590 bits per heavy atom. The van der Waals surface area contributed by atoms with Crippen LogP contribution in [-0.4, -0.2) is 81.0 Å². The van der Waals surface area contributed by atoms with Gasteiger partial charge in [-0.05, 0) is 45.4 Å². The predicted octanol–water partition coefficient (Wildman–Crippen LogP) is 1.07. The third-order valence-electron chi connectivity index (χ3n) is 4.82. The number of Topliss-reactive ketones (excluding diaryl/α,β-unsaturated/α-hetero) is 1. The van der Waals surface area contributed by atoms with Gasteiger partial charge in [0.25, 0.3) is 0 Å². The molecule has 0 aromatic carbocycles. The van der Waals surface area contributed by atoms with Gasteiger partial charge >= 0.3 is 23.9 Å². The van der Waals surface area contributed by atoms with Gasteiger partial charge in [-0.3, -0.25) is 28.8 Å². The van der Waals surface area contributed by atoms with Crippen LogP contribution in [0.3, 0.4) is 0 Å². The van der Waals surface area contributed by atoms with E-state index in [0.717, 1.165) is 6.08 Å². The molecule has 0 saturated heterocycles. The molecule has 0 unspecified atom stereocenters. The molecule has 2 amide bonds. The highest BCUT2D eigenvalue weighted by Gasteiger charge is 2.11. The fraction of sp³-hybridized carbons (Fsp3) is 0.654. The van der Waals surface area contributed by atoms with Crippen molar-refractivity contribution in [2.75, 3.05) is 39.5 Å². The summed E-state index contributed by atoms with van der Waals surface area (Å²) in [6, 6.07) is 0. The molecule has 2 N–H and O–H groups in total. The van der Waals surface area contributed by atoms with Crippen molar-refractivity contribution in [1.82, 2.24) is 10.6 Å². The van der Waals surface area contributed by atoms with E-state index in [1.54, 1.807) is 0 Å². The Labute approximate surface area is 228 Å². The molecule has 0 heterocycles. The average molecular weight is 557 g/mol. The first kappa shape index (κ1) is 35.2. The number of unbranched alkanes of at least 4 members (excludes halogenated alkanes) is 4. The van der Waals surface area contributed by atoms with Crippen molar-refractivity contribution in [2.45, 2.75) is 71.1 Å².